The Morgan fingerprint density at radius 3 is 2.68 bits per heavy atom. The lowest BCUT2D eigenvalue weighted by Crippen LogP contribution is -2.37. The maximum atomic E-state index is 11.0. The van der Waals surface area contributed by atoms with Gasteiger partial charge in [-0.15, -0.1) is 0 Å². The maximum absolute atomic E-state index is 11.0. The summed E-state index contributed by atoms with van der Waals surface area (Å²) < 4.78 is 0. The maximum Gasteiger partial charge on any atom is 0.323 e. The van der Waals surface area contributed by atoms with Crippen LogP contribution < -0.4 is 4.90 Å². The number of benzene rings is 1. The zero-order valence-electron chi connectivity index (χ0n) is 10.5. The van der Waals surface area contributed by atoms with Gasteiger partial charge in [0.1, 0.15) is 6.54 Å². The number of nitrogens with zero attached hydrogens (tertiary/aromatic N) is 2. The molecule has 0 saturated heterocycles. The molecule has 0 amide bonds. The number of nitriles is 1. The average Bonchev–Trinajstić information content (AvgIpc) is 2.89. The Morgan fingerprint density at radius 2 is 2.16 bits per heavy atom. The van der Waals surface area contributed by atoms with Crippen LogP contribution >= 0.6 is 11.6 Å². The molecule has 0 aromatic heterocycles. The highest BCUT2D eigenvalue weighted by atomic mass is 35.5. The molecule has 1 aromatic carbocycles. The summed E-state index contributed by atoms with van der Waals surface area (Å²) in [6, 6.07) is 7.24. The Bertz CT molecular complexity index is 519. The number of halogens is 1. The quantitative estimate of drug-likeness (QED) is 0.919. The Hall–Kier alpha value is -1.73. The molecular formula is C14H15ClN2O2. The number of hydrogen-bond donors (Lipinski definition) is 1. The predicted molar refractivity (Wildman–Crippen MR) is 73.4 cm³/mol. The minimum atomic E-state index is -0.868. The highest BCUT2D eigenvalue weighted by Gasteiger charge is 2.26. The SMILES string of the molecule is N#Cc1ccc(N(CC(=O)O)C2CCCC2)c(Cl)c1. The van der Waals surface area contributed by atoms with E-state index in [0.29, 0.717) is 16.3 Å². The molecular weight excluding hydrogens is 264 g/mol. The summed E-state index contributed by atoms with van der Waals surface area (Å²) in [5, 5.41) is 18.3. The van der Waals surface area contributed by atoms with E-state index in [0.717, 1.165) is 25.7 Å². The van der Waals surface area contributed by atoms with Crippen LogP contribution in [0.3, 0.4) is 0 Å². The highest BCUT2D eigenvalue weighted by Crippen LogP contribution is 2.33. The van der Waals surface area contributed by atoms with E-state index in [-0.39, 0.29) is 12.6 Å². The Morgan fingerprint density at radius 1 is 1.47 bits per heavy atom. The molecule has 1 aliphatic carbocycles. The van der Waals surface area contributed by atoms with Crippen LogP contribution in [-0.4, -0.2) is 23.7 Å². The topological polar surface area (TPSA) is 64.3 Å². The molecule has 100 valence electrons. The second-order valence-electron chi connectivity index (χ2n) is 4.74. The molecule has 1 aromatic rings. The van der Waals surface area contributed by atoms with Crippen LogP contribution in [0.1, 0.15) is 31.2 Å². The number of aliphatic carboxylic acids is 1. The van der Waals surface area contributed by atoms with Gasteiger partial charge in [-0.1, -0.05) is 24.4 Å². The Labute approximate surface area is 117 Å². The monoisotopic (exact) mass is 278 g/mol. The van der Waals surface area contributed by atoms with Gasteiger partial charge in [0.25, 0.3) is 0 Å². The smallest absolute Gasteiger partial charge is 0.323 e. The second-order valence-corrected chi connectivity index (χ2v) is 5.15. The Balaban J connectivity index is 2.31. The third-order valence-corrected chi connectivity index (χ3v) is 3.76. The number of rotatable bonds is 4. The molecule has 0 unspecified atom stereocenters. The highest BCUT2D eigenvalue weighted by molar-refractivity contribution is 6.33. The van der Waals surface area contributed by atoms with Gasteiger partial charge >= 0.3 is 5.97 Å². The van der Waals surface area contributed by atoms with Crippen LogP contribution in [0.2, 0.25) is 5.02 Å². The minimum absolute atomic E-state index is 0.0592. The molecule has 2 rings (SSSR count). The van der Waals surface area contributed by atoms with Crippen LogP contribution in [0, 0.1) is 11.3 Å². The molecule has 0 atom stereocenters. The van der Waals surface area contributed by atoms with Crippen molar-refractivity contribution in [2.45, 2.75) is 31.7 Å². The molecule has 0 aliphatic heterocycles. The number of hydrogen-bond acceptors (Lipinski definition) is 3. The molecule has 1 aliphatic rings. The van der Waals surface area contributed by atoms with Crippen molar-refractivity contribution in [1.29, 1.82) is 5.26 Å². The van der Waals surface area contributed by atoms with Gasteiger partial charge in [-0.25, -0.2) is 0 Å². The molecule has 0 heterocycles. The van der Waals surface area contributed by atoms with Crippen molar-refractivity contribution in [1.82, 2.24) is 0 Å². The van der Waals surface area contributed by atoms with E-state index in [2.05, 4.69) is 0 Å². The summed E-state index contributed by atoms with van der Waals surface area (Å²) in [7, 11) is 0. The van der Waals surface area contributed by atoms with Crippen molar-refractivity contribution in [2.24, 2.45) is 0 Å². The van der Waals surface area contributed by atoms with E-state index in [1.165, 1.54) is 0 Å². The fraction of sp³-hybridized carbons (Fsp3) is 0.429. The zero-order valence-corrected chi connectivity index (χ0v) is 11.2. The zero-order chi connectivity index (χ0) is 13.8. The third-order valence-electron chi connectivity index (χ3n) is 3.46. The predicted octanol–water partition coefficient (Wildman–Crippen LogP) is 3.05. The lowest BCUT2D eigenvalue weighted by atomic mass is 10.1. The van der Waals surface area contributed by atoms with Crippen LogP contribution in [0.25, 0.3) is 0 Å². The first-order valence-corrected chi connectivity index (χ1v) is 6.67. The van der Waals surface area contributed by atoms with Crippen LogP contribution in [0.15, 0.2) is 18.2 Å². The summed E-state index contributed by atoms with van der Waals surface area (Å²) in [6.45, 7) is -0.0592. The van der Waals surface area contributed by atoms with Gasteiger partial charge in [0.2, 0.25) is 0 Å². The fourth-order valence-electron chi connectivity index (χ4n) is 2.58. The summed E-state index contributed by atoms with van der Waals surface area (Å²) in [5.74, 6) is -0.868. The van der Waals surface area contributed by atoms with Crippen LogP contribution in [-0.2, 0) is 4.79 Å². The van der Waals surface area contributed by atoms with Gasteiger partial charge in [0.05, 0.1) is 22.3 Å². The standard InChI is InChI=1S/C14H15ClN2O2/c15-12-7-10(8-16)5-6-13(12)17(9-14(18)19)11-3-1-2-4-11/h5-7,11H,1-4,9H2,(H,18,19). The van der Waals surface area contributed by atoms with Crippen LogP contribution in [0.5, 0.6) is 0 Å². The van der Waals surface area contributed by atoms with Crippen molar-refractivity contribution in [2.75, 3.05) is 11.4 Å². The van der Waals surface area contributed by atoms with E-state index < -0.39 is 5.97 Å². The van der Waals surface area contributed by atoms with Gasteiger partial charge in [-0.05, 0) is 31.0 Å². The van der Waals surface area contributed by atoms with Gasteiger partial charge < -0.3 is 10.0 Å². The van der Waals surface area contributed by atoms with Crippen molar-refractivity contribution < 1.29 is 9.90 Å². The van der Waals surface area contributed by atoms with E-state index in [1.807, 2.05) is 11.0 Å². The molecule has 5 heteroatoms. The normalized spacial score (nSPS) is 15.2. The average molecular weight is 279 g/mol. The first-order valence-electron chi connectivity index (χ1n) is 6.30. The summed E-state index contributed by atoms with van der Waals surface area (Å²) in [5.41, 5.74) is 1.19. The largest absolute Gasteiger partial charge is 0.480 e. The first kappa shape index (κ1) is 13.7. The Kier molecular flexibility index (Phi) is 4.28. The first-order chi connectivity index (χ1) is 9.11. The van der Waals surface area contributed by atoms with Crippen molar-refractivity contribution in [3.8, 4) is 6.07 Å². The van der Waals surface area contributed by atoms with Crippen molar-refractivity contribution >= 4 is 23.3 Å². The molecule has 1 N–H and O–H groups in total. The lowest BCUT2D eigenvalue weighted by molar-refractivity contribution is -0.135. The minimum Gasteiger partial charge on any atom is -0.480 e. The third kappa shape index (κ3) is 3.18. The molecule has 1 saturated carbocycles. The summed E-state index contributed by atoms with van der Waals surface area (Å²) in [4.78, 5) is 12.9. The van der Waals surface area contributed by atoms with Crippen molar-refractivity contribution in [3.05, 3.63) is 28.8 Å². The molecule has 0 bridgehead atoms. The molecule has 1 fully saturated rings. The lowest BCUT2D eigenvalue weighted by Gasteiger charge is -2.30. The molecule has 4 nitrogen and oxygen atoms in total. The molecule has 19 heavy (non-hydrogen) atoms. The van der Waals surface area contributed by atoms with Gasteiger partial charge in [-0.2, -0.15) is 5.26 Å². The second kappa shape index (κ2) is 5.94. The van der Waals surface area contributed by atoms with E-state index in [4.69, 9.17) is 22.0 Å². The van der Waals surface area contributed by atoms with E-state index in [9.17, 15) is 4.79 Å². The van der Waals surface area contributed by atoms with Gasteiger partial charge in [0.15, 0.2) is 0 Å². The summed E-state index contributed by atoms with van der Waals surface area (Å²) >= 11 is 6.18. The number of carbonyl (C=O) groups is 1. The van der Waals surface area contributed by atoms with Crippen LogP contribution in [0.4, 0.5) is 5.69 Å². The van der Waals surface area contributed by atoms with E-state index in [1.54, 1.807) is 18.2 Å². The van der Waals surface area contributed by atoms with Gasteiger partial charge in [-0.3, -0.25) is 4.79 Å². The fourth-order valence-corrected chi connectivity index (χ4v) is 2.87. The number of carboxylic acids is 1. The molecule has 0 radical (unpaired) electrons. The van der Waals surface area contributed by atoms with Gasteiger partial charge in [0, 0.05) is 6.04 Å². The number of anilines is 1. The molecule has 0 spiro atoms. The summed E-state index contributed by atoms with van der Waals surface area (Å²) in [6.07, 6.45) is 4.22. The van der Waals surface area contributed by atoms with E-state index >= 15 is 0 Å². The number of carboxylic acid groups (broad SMARTS) is 1. The van der Waals surface area contributed by atoms with Crippen molar-refractivity contribution in [3.63, 3.8) is 0 Å².